The van der Waals surface area contributed by atoms with Crippen LogP contribution in [-0.4, -0.2) is 45.3 Å². The summed E-state index contributed by atoms with van der Waals surface area (Å²) in [4.78, 5) is 28.7. The molecule has 0 unspecified atom stereocenters. The zero-order chi connectivity index (χ0) is 18.1. The molecule has 2 aliphatic heterocycles. The van der Waals surface area contributed by atoms with Gasteiger partial charge in [0.05, 0.1) is 34.0 Å². The van der Waals surface area contributed by atoms with Crippen LogP contribution < -0.4 is 0 Å². The van der Waals surface area contributed by atoms with Gasteiger partial charge in [0.2, 0.25) is 5.91 Å². The summed E-state index contributed by atoms with van der Waals surface area (Å²) in [5, 5.41) is 0.475. The fraction of sp³-hybridized carbons (Fsp3) is 0.368. The van der Waals surface area contributed by atoms with Crippen molar-refractivity contribution in [2.45, 2.75) is 24.3 Å². The standard InChI is InChI=1S/C19H19ClN2O3S/c20-16-6-2-1-5-15(16)18(24)21-9-7-19(8-10-21)22(17(23)13-26-19)12-14-4-3-11-25-14/h1-6,11H,7-10,12-13H2. The lowest BCUT2D eigenvalue weighted by molar-refractivity contribution is -0.132. The first-order valence-corrected chi connectivity index (χ1v) is 9.96. The average Bonchev–Trinajstić information content (AvgIpc) is 3.27. The summed E-state index contributed by atoms with van der Waals surface area (Å²) in [6.07, 6.45) is 3.13. The summed E-state index contributed by atoms with van der Waals surface area (Å²) in [7, 11) is 0. The minimum absolute atomic E-state index is 0.0441. The summed E-state index contributed by atoms with van der Waals surface area (Å²) in [6.45, 7) is 1.70. The largest absolute Gasteiger partial charge is 0.467 e. The van der Waals surface area contributed by atoms with Crippen LogP contribution >= 0.6 is 23.4 Å². The van der Waals surface area contributed by atoms with E-state index in [1.165, 1.54) is 0 Å². The highest BCUT2D eigenvalue weighted by molar-refractivity contribution is 8.01. The van der Waals surface area contributed by atoms with Crippen LogP contribution in [0.3, 0.4) is 0 Å². The number of rotatable bonds is 3. The molecule has 26 heavy (non-hydrogen) atoms. The van der Waals surface area contributed by atoms with Gasteiger partial charge < -0.3 is 14.2 Å². The Balaban J connectivity index is 1.47. The Morgan fingerprint density at radius 3 is 2.65 bits per heavy atom. The molecular formula is C19H19ClN2O3S. The smallest absolute Gasteiger partial charge is 0.255 e. The molecule has 4 rings (SSSR count). The van der Waals surface area contributed by atoms with Gasteiger partial charge in [-0.25, -0.2) is 0 Å². The van der Waals surface area contributed by atoms with Crippen molar-refractivity contribution in [3.05, 3.63) is 59.0 Å². The molecular weight excluding hydrogens is 372 g/mol. The quantitative estimate of drug-likeness (QED) is 0.802. The summed E-state index contributed by atoms with van der Waals surface area (Å²) in [5.41, 5.74) is 0.535. The SMILES string of the molecule is O=C(c1ccccc1Cl)N1CCC2(CC1)SCC(=O)N2Cc1ccco1. The van der Waals surface area contributed by atoms with Crippen molar-refractivity contribution in [1.82, 2.24) is 9.80 Å². The van der Waals surface area contributed by atoms with Gasteiger partial charge >= 0.3 is 0 Å². The Bertz CT molecular complexity index is 816. The lowest BCUT2D eigenvalue weighted by atomic mass is 10.0. The maximum Gasteiger partial charge on any atom is 0.255 e. The molecule has 0 atom stereocenters. The van der Waals surface area contributed by atoms with Crippen LogP contribution in [-0.2, 0) is 11.3 Å². The average molecular weight is 391 g/mol. The molecule has 0 aliphatic carbocycles. The number of carbonyl (C=O) groups is 2. The minimum atomic E-state index is -0.249. The van der Waals surface area contributed by atoms with Crippen molar-refractivity contribution in [1.29, 1.82) is 0 Å². The summed E-state index contributed by atoms with van der Waals surface area (Å²) >= 11 is 7.85. The van der Waals surface area contributed by atoms with E-state index in [-0.39, 0.29) is 16.7 Å². The molecule has 0 radical (unpaired) electrons. The second-order valence-electron chi connectivity index (χ2n) is 6.57. The van der Waals surface area contributed by atoms with E-state index >= 15 is 0 Å². The van der Waals surface area contributed by atoms with Gasteiger partial charge in [-0.1, -0.05) is 23.7 Å². The monoisotopic (exact) mass is 390 g/mol. The normalized spacial score (nSPS) is 19.3. The fourth-order valence-corrected chi connectivity index (χ4v) is 5.21. The highest BCUT2D eigenvalue weighted by atomic mass is 35.5. The van der Waals surface area contributed by atoms with Gasteiger partial charge in [0.15, 0.2) is 0 Å². The summed E-state index contributed by atoms with van der Waals surface area (Å²) in [5.74, 6) is 1.36. The van der Waals surface area contributed by atoms with Crippen LogP contribution in [0.1, 0.15) is 29.0 Å². The number of amides is 2. The van der Waals surface area contributed by atoms with E-state index in [4.69, 9.17) is 16.0 Å². The van der Waals surface area contributed by atoms with E-state index in [0.29, 0.717) is 36.0 Å². The number of piperidine rings is 1. The fourth-order valence-electron chi connectivity index (χ4n) is 3.65. The highest BCUT2D eigenvalue weighted by Crippen LogP contribution is 2.45. The summed E-state index contributed by atoms with van der Waals surface area (Å²) < 4.78 is 5.43. The molecule has 5 nitrogen and oxygen atoms in total. The van der Waals surface area contributed by atoms with Gasteiger partial charge in [-0.3, -0.25) is 9.59 Å². The molecule has 136 valence electrons. The molecule has 7 heteroatoms. The first kappa shape index (κ1) is 17.5. The summed E-state index contributed by atoms with van der Waals surface area (Å²) in [6, 6.07) is 10.8. The Morgan fingerprint density at radius 1 is 1.19 bits per heavy atom. The van der Waals surface area contributed by atoms with Gasteiger partial charge in [-0.15, -0.1) is 11.8 Å². The topological polar surface area (TPSA) is 53.8 Å². The predicted molar refractivity (Wildman–Crippen MR) is 101 cm³/mol. The van der Waals surface area contributed by atoms with Crippen LogP contribution in [0.4, 0.5) is 0 Å². The number of hydrogen-bond acceptors (Lipinski definition) is 4. The van der Waals surface area contributed by atoms with Crippen LogP contribution in [0.25, 0.3) is 0 Å². The maximum absolute atomic E-state index is 12.8. The first-order chi connectivity index (χ1) is 12.6. The van der Waals surface area contributed by atoms with Crippen LogP contribution in [0.2, 0.25) is 5.02 Å². The van der Waals surface area contributed by atoms with Gasteiger partial charge in [0.1, 0.15) is 5.76 Å². The molecule has 3 heterocycles. The molecule has 1 aromatic heterocycles. The van der Waals surface area contributed by atoms with Gasteiger partial charge in [0.25, 0.3) is 5.91 Å². The molecule has 1 spiro atoms. The van der Waals surface area contributed by atoms with Crippen molar-refractivity contribution < 1.29 is 14.0 Å². The number of thioether (sulfide) groups is 1. The number of furan rings is 1. The molecule has 0 bridgehead atoms. The third-order valence-corrected chi connectivity index (χ3v) is 6.97. The molecule has 2 fully saturated rings. The van der Waals surface area contributed by atoms with Crippen molar-refractivity contribution in [2.75, 3.05) is 18.8 Å². The van der Waals surface area contributed by atoms with Crippen molar-refractivity contribution in [2.24, 2.45) is 0 Å². The van der Waals surface area contributed by atoms with E-state index in [2.05, 4.69) is 0 Å². The number of nitrogens with zero attached hydrogens (tertiary/aromatic N) is 2. The molecule has 0 saturated carbocycles. The van der Waals surface area contributed by atoms with E-state index in [9.17, 15) is 9.59 Å². The molecule has 2 amide bonds. The Kier molecular flexibility index (Phi) is 4.71. The molecule has 0 N–H and O–H groups in total. The number of likely N-dealkylation sites (tertiary alicyclic amines) is 1. The Labute approximate surface area is 161 Å². The predicted octanol–water partition coefficient (Wildman–Crippen LogP) is 3.64. The molecule has 2 saturated heterocycles. The minimum Gasteiger partial charge on any atom is -0.467 e. The number of hydrogen-bond donors (Lipinski definition) is 0. The zero-order valence-electron chi connectivity index (χ0n) is 14.2. The van der Waals surface area contributed by atoms with E-state index in [1.54, 1.807) is 30.2 Å². The Morgan fingerprint density at radius 2 is 1.96 bits per heavy atom. The third-order valence-electron chi connectivity index (χ3n) is 5.09. The highest BCUT2D eigenvalue weighted by Gasteiger charge is 2.48. The lowest BCUT2D eigenvalue weighted by Gasteiger charge is -2.43. The number of carbonyl (C=O) groups excluding carboxylic acids is 2. The maximum atomic E-state index is 12.8. The van der Waals surface area contributed by atoms with Gasteiger partial charge in [-0.2, -0.15) is 0 Å². The molecule has 1 aromatic carbocycles. The first-order valence-electron chi connectivity index (χ1n) is 8.60. The zero-order valence-corrected chi connectivity index (χ0v) is 15.8. The second-order valence-corrected chi connectivity index (χ2v) is 8.31. The van der Waals surface area contributed by atoms with E-state index in [0.717, 1.165) is 18.6 Å². The lowest BCUT2D eigenvalue weighted by Crippen LogP contribution is -2.52. The number of benzene rings is 1. The molecule has 2 aliphatic rings. The van der Waals surface area contributed by atoms with Gasteiger partial charge in [0, 0.05) is 13.1 Å². The van der Waals surface area contributed by atoms with Crippen LogP contribution in [0.15, 0.2) is 47.1 Å². The van der Waals surface area contributed by atoms with Crippen LogP contribution in [0.5, 0.6) is 0 Å². The number of halogens is 1. The van der Waals surface area contributed by atoms with E-state index < -0.39 is 0 Å². The van der Waals surface area contributed by atoms with Crippen molar-refractivity contribution in [3.63, 3.8) is 0 Å². The van der Waals surface area contributed by atoms with Crippen LogP contribution in [0, 0.1) is 0 Å². The Hall–Kier alpha value is -1.92. The van der Waals surface area contributed by atoms with E-state index in [1.807, 2.05) is 34.1 Å². The van der Waals surface area contributed by atoms with Crippen molar-refractivity contribution in [3.8, 4) is 0 Å². The third kappa shape index (κ3) is 3.12. The second kappa shape index (κ2) is 7.00. The van der Waals surface area contributed by atoms with Crippen molar-refractivity contribution >= 4 is 35.2 Å². The molecule has 2 aromatic rings. The van der Waals surface area contributed by atoms with Gasteiger partial charge in [-0.05, 0) is 37.1 Å².